The van der Waals surface area contributed by atoms with Crippen LogP contribution in [0, 0.1) is 0 Å². The van der Waals surface area contributed by atoms with E-state index >= 15 is 0 Å². The van der Waals surface area contributed by atoms with Crippen molar-refractivity contribution in [3.05, 3.63) is 72.6 Å². The first-order valence-electron chi connectivity index (χ1n) is 9.52. The zero-order valence-electron chi connectivity index (χ0n) is 16.9. The van der Waals surface area contributed by atoms with Crippen LogP contribution < -0.4 is 24.7 Å². The van der Waals surface area contributed by atoms with Crippen molar-refractivity contribution in [3.63, 3.8) is 0 Å². The van der Waals surface area contributed by atoms with E-state index in [0.29, 0.717) is 11.3 Å². The van der Waals surface area contributed by atoms with Crippen LogP contribution in [0.25, 0.3) is 0 Å². The summed E-state index contributed by atoms with van der Waals surface area (Å²) in [5, 5.41) is 6.28. The Balaban J connectivity index is 1.86. The van der Waals surface area contributed by atoms with Gasteiger partial charge in [-0.15, -0.1) is 0 Å². The first-order chi connectivity index (χ1) is 14.1. The minimum absolute atomic E-state index is 0.184. The molecule has 2 aromatic carbocycles. The number of benzene rings is 2. The normalized spacial score (nSPS) is 10.3. The largest absolute Gasteiger partial charge is 0.497 e. The van der Waals surface area contributed by atoms with Gasteiger partial charge in [0.2, 0.25) is 0 Å². The maximum Gasteiger partial charge on any atom is 0.263 e. The molecule has 0 aliphatic rings. The van der Waals surface area contributed by atoms with Crippen LogP contribution in [0.4, 0.5) is 17.1 Å². The fourth-order valence-electron chi connectivity index (χ4n) is 2.93. The summed E-state index contributed by atoms with van der Waals surface area (Å²) in [6.07, 6.45) is 4.82. The van der Waals surface area contributed by atoms with Crippen molar-refractivity contribution in [2.45, 2.75) is 19.9 Å². The number of anilines is 3. The maximum absolute atomic E-state index is 13.0. The zero-order valence-corrected chi connectivity index (χ0v) is 16.9. The molecule has 0 aliphatic carbocycles. The number of aryl methyl sites for hydroxylation is 1. The molecular weight excluding hydrogens is 366 g/mol. The molecule has 0 saturated heterocycles. The molecule has 0 unspecified atom stereocenters. The van der Waals surface area contributed by atoms with Gasteiger partial charge in [-0.05, 0) is 48.5 Å². The van der Waals surface area contributed by atoms with Gasteiger partial charge in [-0.2, -0.15) is 0 Å². The Labute approximate surface area is 171 Å². The molecule has 0 radical (unpaired) electrons. The standard InChI is InChI=1S/C23H25N3O3/c1-4-14-26-15-13-22(24-17-5-9-19(28-2)10-6-17)21(16-26)23(27)25-18-7-11-20(29-3)12-8-18/h5-13,15-16H,4,14H2,1-3H3,(H,25,27)/p+1. The summed E-state index contributed by atoms with van der Waals surface area (Å²) in [6.45, 7) is 2.94. The van der Waals surface area contributed by atoms with E-state index in [1.807, 2.05) is 71.6 Å². The third-order valence-electron chi connectivity index (χ3n) is 4.46. The Morgan fingerprint density at radius 3 is 2.03 bits per heavy atom. The average Bonchev–Trinajstić information content (AvgIpc) is 2.76. The van der Waals surface area contributed by atoms with E-state index in [1.165, 1.54) is 0 Å². The van der Waals surface area contributed by atoms with Crippen molar-refractivity contribution in [3.8, 4) is 11.5 Å². The van der Waals surface area contributed by atoms with E-state index in [0.717, 1.165) is 35.8 Å². The molecule has 6 heteroatoms. The number of methoxy groups -OCH3 is 2. The Morgan fingerprint density at radius 1 is 0.897 bits per heavy atom. The second-order valence-electron chi connectivity index (χ2n) is 6.55. The van der Waals surface area contributed by atoms with Gasteiger partial charge in [0.15, 0.2) is 12.4 Å². The van der Waals surface area contributed by atoms with Gasteiger partial charge in [0.1, 0.15) is 23.6 Å². The smallest absolute Gasteiger partial charge is 0.263 e. The molecule has 0 saturated carbocycles. The van der Waals surface area contributed by atoms with Crippen LogP contribution in [0.1, 0.15) is 23.7 Å². The van der Waals surface area contributed by atoms with Crippen LogP contribution in [0.2, 0.25) is 0 Å². The van der Waals surface area contributed by atoms with Crippen molar-refractivity contribution < 1.29 is 18.8 Å². The molecule has 3 aromatic rings. The lowest BCUT2D eigenvalue weighted by Crippen LogP contribution is -2.34. The minimum atomic E-state index is -0.184. The predicted octanol–water partition coefficient (Wildman–Crippen LogP) is 4.40. The lowest BCUT2D eigenvalue weighted by atomic mass is 10.2. The molecule has 0 atom stereocenters. The second kappa shape index (κ2) is 9.59. The fourth-order valence-corrected chi connectivity index (χ4v) is 2.93. The topological polar surface area (TPSA) is 63.5 Å². The van der Waals surface area contributed by atoms with Gasteiger partial charge in [-0.3, -0.25) is 4.79 Å². The highest BCUT2D eigenvalue weighted by Crippen LogP contribution is 2.23. The molecular formula is C23H26N3O3+. The van der Waals surface area contributed by atoms with E-state index < -0.39 is 0 Å². The van der Waals surface area contributed by atoms with Crippen molar-refractivity contribution in [2.24, 2.45) is 0 Å². The van der Waals surface area contributed by atoms with Crippen molar-refractivity contribution in [2.75, 3.05) is 24.9 Å². The lowest BCUT2D eigenvalue weighted by Gasteiger charge is -2.12. The number of hydrogen-bond donors (Lipinski definition) is 2. The Bertz CT molecular complexity index is 954. The molecule has 150 valence electrons. The highest BCUT2D eigenvalue weighted by atomic mass is 16.5. The third-order valence-corrected chi connectivity index (χ3v) is 4.46. The first-order valence-corrected chi connectivity index (χ1v) is 9.52. The predicted molar refractivity (Wildman–Crippen MR) is 114 cm³/mol. The number of ether oxygens (including phenoxy) is 2. The quantitative estimate of drug-likeness (QED) is 0.558. The van der Waals surface area contributed by atoms with E-state index in [1.54, 1.807) is 14.2 Å². The molecule has 0 bridgehead atoms. The van der Waals surface area contributed by atoms with E-state index in [-0.39, 0.29) is 5.91 Å². The molecule has 0 aliphatic heterocycles. The minimum Gasteiger partial charge on any atom is -0.497 e. The van der Waals surface area contributed by atoms with Crippen LogP contribution in [0.3, 0.4) is 0 Å². The molecule has 29 heavy (non-hydrogen) atoms. The van der Waals surface area contributed by atoms with Gasteiger partial charge >= 0.3 is 0 Å². The number of carbonyl (C=O) groups is 1. The molecule has 3 rings (SSSR count). The van der Waals surface area contributed by atoms with Gasteiger partial charge in [0.25, 0.3) is 5.91 Å². The van der Waals surface area contributed by atoms with E-state index in [4.69, 9.17) is 9.47 Å². The molecule has 1 amide bonds. The monoisotopic (exact) mass is 392 g/mol. The highest BCUT2D eigenvalue weighted by molar-refractivity contribution is 6.08. The molecule has 0 fully saturated rings. The maximum atomic E-state index is 13.0. The number of rotatable bonds is 8. The summed E-state index contributed by atoms with van der Waals surface area (Å²) in [5.41, 5.74) is 2.87. The summed E-state index contributed by atoms with van der Waals surface area (Å²) >= 11 is 0. The van der Waals surface area contributed by atoms with Crippen LogP contribution in [0.15, 0.2) is 67.0 Å². The number of nitrogens with one attached hydrogen (secondary N) is 2. The van der Waals surface area contributed by atoms with Crippen LogP contribution >= 0.6 is 0 Å². The average molecular weight is 392 g/mol. The second-order valence-corrected chi connectivity index (χ2v) is 6.55. The first kappa shape index (κ1) is 20.2. The summed E-state index contributed by atoms with van der Waals surface area (Å²) in [6, 6.07) is 16.8. The van der Waals surface area contributed by atoms with E-state index in [2.05, 4.69) is 17.6 Å². The van der Waals surface area contributed by atoms with Gasteiger partial charge < -0.3 is 20.1 Å². The van der Waals surface area contributed by atoms with Gasteiger partial charge in [-0.25, -0.2) is 4.57 Å². The van der Waals surface area contributed by atoms with Gasteiger partial charge in [0.05, 0.1) is 19.9 Å². The Hall–Kier alpha value is -3.54. The number of aromatic nitrogens is 1. The number of amides is 1. The van der Waals surface area contributed by atoms with Crippen molar-refractivity contribution in [1.29, 1.82) is 0 Å². The molecule has 1 aromatic heterocycles. The van der Waals surface area contributed by atoms with Gasteiger partial charge in [0, 0.05) is 23.9 Å². The summed E-state index contributed by atoms with van der Waals surface area (Å²) in [5.74, 6) is 1.34. The number of nitrogens with zero attached hydrogens (tertiary/aromatic N) is 1. The van der Waals surface area contributed by atoms with Crippen LogP contribution in [-0.2, 0) is 6.54 Å². The SMILES string of the molecule is CCC[n+]1ccc(Nc2ccc(OC)cc2)c(C(=O)Nc2ccc(OC)cc2)c1. The number of carbonyl (C=O) groups excluding carboxylic acids is 1. The van der Waals surface area contributed by atoms with Crippen molar-refractivity contribution in [1.82, 2.24) is 0 Å². The van der Waals surface area contributed by atoms with Crippen molar-refractivity contribution >= 4 is 23.0 Å². The molecule has 2 N–H and O–H groups in total. The highest BCUT2D eigenvalue weighted by Gasteiger charge is 2.17. The fraction of sp³-hybridized carbons (Fsp3) is 0.217. The van der Waals surface area contributed by atoms with Crippen LogP contribution in [0.5, 0.6) is 11.5 Å². The molecule has 0 spiro atoms. The Kier molecular flexibility index (Phi) is 6.68. The van der Waals surface area contributed by atoms with Crippen LogP contribution in [-0.4, -0.2) is 20.1 Å². The lowest BCUT2D eigenvalue weighted by molar-refractivity contribution is -0.696. The molecule has 6 nitrogen and oxygen atoms in total. The van der Waals surface area contributed by atoms with Gasteiger partial charge in [-0.1, -0.05) is 6.92 Å². The Morgan fingerprint density at radius 2 is 1.48 bits per heavy atom. The molecule has 1 heterocycles. The summed E-state index contributed by atoms with van der Waals surface area (Å²) < 4.78 is 12.4. The third kappa shape index (κ3) is 5.25. The summed E-state index contributed by atoms with van der Waals surface area (Å²) in [4.78, 5) is 13.0. The van der Waals surface area contributed by atoms with E-state index in [9.17, 15) is 4.79 Å². The summed E-state index contributed by atoms with van der Waals surface area (Å²) in [7, 11) is 3.24. The number of pyridine rings is 1. The number of hydrogen-bond acceptors (Lipinski definition) is 4. The zero-order chi connectivity index (χ0) is 20.6.